The zero-order valence-electron chi connectivity index (χ0n) is 7.50. The lowest BCUT2D eigenvalue weighted by atomic mass is 10.2. The van der Waals surface area contributed by atoms with E-state index in [2.05, 4.69) is 10.3 Å². The fraction of sp³-hybridized carbons (Fsp3) is 0.111. The quantitative estimate of drug-likeness (QED) is 0.814. The maximum Gasteiger partial charge on any atom is 0.142 e. The molecule has 0 saturated carbocycles. The summed E-state index contributed by atoms with van der Waals surface area (Å²) in [5, 5.41) is 7.56. The summed E-state index contributed by atoms with van der Waals surface area (Å²) in [6, 6.07) is 10.0. The lowest BCUT2D eigenvalue weighted by Crippen LogP contribution is -2.05. The van der Waals surface area contributed by atoms with Gasteiger partial charge in [0.15, 0.2) is 0 Å². The van der Waals surface area contributed by atoms with Gasteiger partial charge in [0, 0.05) is 0 Å². The normalized spacial score (nSPS) is 9.43. The van der Waals surface area contributed by atoms with Crippen LogP contribution >= 0.6 is 12.4 Å². The number of nitrogens with zero attached hydrogens (tertiary/aromatic N) is 3. The van der Waals surface area contributed by atoms with E-state index in [4.69, 9.17) is 5.73 Å². The van der Waals surface area contributed by atoms with E-state index in [9.17, 15) is 0 Å². The van der Waals surface area contributed by atoms with Crippen molar-refractivity contribution in [2.75, 3.05) is 5.73 Å². The largest absolute Gasteiger partial charge is 0.383 e. The number of aromatic nitrogens is 3. The van der Waals surface area contributed by atoms with Crippen LogP contribution < -0.4 is 5.73 Å². The van der Waals surface area contributed by atoms with Gasteiger partial charge in [-0.25, -0.2) is 4.68 Å². The van der Waals surface area contributed by atoms with Crippen molar-refractivity contribution < 1.29 is 0 Å². The van der Waals surface area contributed by atoms with Gasteiger partial charge in [0.1, 0.15) is 5.82 Å². The SMILES string of the molecule is Cl.Nc1cnnn1Cc1ccccc1. The minimum atomic E-state index is 0. The molecule has 0 unspecified atom stereocenters. The second-order valence-electron chi connectivity index (χ2n) is 2.80. The average molecular weight is 211 g/mol. The number of anilines is 1. The smallest absolute Gasteiger partial charge is 0.142 e. The Balaban J connectivity index is 0.000000980. The fourth-order valence-corrected chi connectivity index (χ4v) is 1.14. The Kier molecular flexibility index (Phi) is 3.48. The summed E-state index contributed by atoms with van der Waals surface area (Å²) in [5.41, 5.74) is 6.79. The van der Waals surface area contributed by atoms with Gasteiger partial charge in [-0.2, -0.15) is 0 Å². The van der Waals surface area contributed by atoms with E-state index >= 15 is 0 Å². The van der Waals surface area contributed by atoms with Crippen LogP contribution in [0.4, 0.5) is 5.82 Å². The van der Waals surface area contributed by atoms with Crippen molar-refractivity contribution >= 4 is 18.2 Å². The highest BCUT2D eigenvalue weighted by Gasteiger charge is 1.98. The van der Waals surface area contributed by atoms with Gasteiger partial charge in [0.25, 0.3) is 0 Å². The van der Waals surface area contributed by atoms with Crippen molar-refractivity contribution in [3.05, 3.63) is 42.1 Å². The van der Waals surface area contributed by atoms with E-state index in [0.29, 0.717) is 12.4 Å². The van der Waals surface area contributed by atoms with Crippen LogP contribution in [0.15, 0.2) is 36.5 Å². The molecule has 0 fully saturated rings. The van der Waals surface area contributed by atoms with Crippen molar-refractivity contribution in [2.24, 2.45) is 0 Å². The number of hydrogen-bond donors (Lipinski definition) is 1. The van der Waals surface area contributed by atoms with Crippen molar-refractivity contribution in [2.45, 2.75) is 6.54 Å². The molecule has 0 amide bonds. The summed E-state index contributed by atoms with van der Waals surface area (Å²) in [4.78, 5) is 0. The molecule has 4 nitrogen and oxygen atoms in total. The summed E-state index contributed by atoms with van der Waals surface area (Å²) in [6.45, 7) is 0.673. The molecular formula is C9H11ClN4. The first kappa shape index (κ1) is 10.5. The summed E-state index contributed by atoms with van der Waals surface area (Å²) in [5.74, 6) is 0.587. The average Bonchev–Trinajstić information content (AvgIpc) is 2.54. The minimum Gasteiger partial charge on any atom is -0.383 e. The zero-order chi connectivity index (χ0) is 9.10. The third-order valence-electron chi connectivity index (χ3n) is 1.82. The second-order valence-corrected chi connectivity index (χ2v) is 2.80. The molecule has 2 rings (SSSR count). The summed E-state index contributed by atoms with van der Waals surface area (Å²) < 4.78 is 1.66. The topological polar surface area (TPSA) is 56.7 Å². The summed E-state index contributed by atoms with van der Waals surface area (Å²) >= 11 is 0. The van der Waals surface area contributed by atoms with Crippen LogP contribution in [0, 0.1) is 0 Å². The maximum absolute atomic E-state index is 5.63. The molecule has 1 aromatic heterocycles. The van der Waals surface area contributed by atoms with Gasteiger partial charge in [-0.05, 0) is 5.56 Å². The van der Waals surface area contributed by atoms with Crippen molar-refractivity contribution in [3.63, 3.8) is 0 Å². The predicted molar refractivity (Wildman–Crippen MR) is 57.2 cm³/mol. The second kappa shape index (κ2) is 4.62. The van der Waals surface area contributed by atoms with E-state index in [-0.39, 0.29) is 12.4 Å². The molecule has 0 saturated heterocycles. The minimum absolute atomic E-state index is 0. The molecular weight excluding hydrogens is 200 g/mol. The summed E-state index contributed by atoms with van der Waals surface area (Å²) in [7, 11) is 0. The third kappa shape index (κ3) is 2.23. The Hall–Kier alpha value is -1.55. The van der Waals surface area contributed by atoms with Gasteiger partial charge in [-0.15, -0.1) is 17.5 Å². The third-order valence-corrected chi connectivity index (χ3v) is 1.82. The Morgan fingerprint density at radius 1 is 1.21 bits per heavy atom. The van der Waals surface area contributed by atoms with Gasteiger partial charge >= 0.3 is 0 Å². The molecule has 74 valence electrons. The molecule has 0 aliphatic heterocycles. The molecule has 14 heavy (non-hydrogen) atoms. The molecule has 0 bridgehead atoms. The number of benzene rings is 1. The Labute approximate surface area is 88.1 Å². The van der Waals surface area contributed by atoms with Gasteiger partial charge in [0.05, 0.1) is 12.7 Å². The van der Waals surface area contributed by atoms with Gasteiger partial charge in [0.2, 0.25) is 0 Å². The van der Waals surface area contributed by atoms with Gasteiger partial charge in [-0.3, -0.25) is 0 Å². The van der Waals surface area contributed by atoms with Crippen LogP contribution in [-0.4, -0.2) is 15.0 Å². The Morgan fingerprint density at radius 3 is 2.50 bits per heavy atom. The van der Waals surface area contributed by atoms with Crippen LogP contribution in [-0.2, 0) is 6.54 Å². The monoisotopic (exact) mass is 210 g/mol. The maximum atomic E-state index is 5.63. The molecule has 2 aromatic rings. The van der Waals surface area contributed by atoms with Crippen LogP contribution in [0.1, 0.15) is 5.56 Å². The number of nitrogen functional groups attached to an aromatic ring is 1. The predicted octanol–water partition coefficient (Wildman–Crippen LogP) is 1.33. The van der Waals surface area contributed by atoms with Crippen LogP contribution in [0.25, 0.3) is 0 Å². The van der Waals surface area contributed by atoms with Crippen molar-refractivity contribution in [3.8, 4) is 0 Å². The molecule has 5 heteroatoms. The van der Waals surface area contributed by atoms with Crippen molar-refractivity contribution in [1.29, 1.82) is 0 Å². The van der Waals surface area contributed by atoms with Crippen molar-refractivity contribution in [1.82, 2.24) is 15.0 Å². The van der Waals surface area contributed by atoms with Gasteiger partial charge in [-0.1, -0.05) is 35.5 Å². The van der Waals surface area contributed by atoms with Crippen LogP contribution in [0.2, 0.25) is 0 Å². The van der Waals surface area contributed by atoms with Crippen LogP contribution in [0.3, 0.4) is 0 Å². The zero-order valence-corrected chi connectivity index (χ0v) is 8.31. The number of halogens is 1. The van der Waals surface area contributed by atoms with E-state index in [1.54, 1.807) is 10.9 Å². The van der Waals surface area contributed by atoms with Crippen LogP contribution in [0.5, 0.6) is 0 Å². The molecule has 0 aliphatic carbocycles. The van der Waals surface area contributed by atoms with E-state index in [0.717, 1.165) is 0 Å². The number of hydrogen-bond acceptors (Lipinski definition) is 3. The van der Waals surface area contributed by atoms with E-state index < -0.39 is 0 Å². The molecule has 1 aromatic carbocycles. The number of rotatable bonds is 2. The molecule has 0 aliphatic rings. The van der Waals surface area contributed by atoms with Gasteiger partial charge < -0.3 is 5.73 Å². The highest BCUT2D eigenvalue weighted by Crippen LogP contribution is 2.04. The lowest BCUT2D eigenvalue weighted by molar-refractivity contribution is 0.658. The first-order chi connectivity index (χ1) is 6.36. The van der Waals surface area contributed by atoms with E-state index in [1.165, 1.54) is 5.56 Å². The molecule has 2 N–H and O–H groups in total. The Morgan fingerprint density at radius 2 is 1.93 bits per heavy atom. The highest BCUT2D eigenvalue weighted by atomic mass is 35.5. The first-order valence-electron chi connectivity index (χ1n) is 4.04. The first-order valence-corrected chi connectivity index (χ1v) is 4.04. The molecule has 0 spiro atoms. The molecule has 1 heterocycles. The van der Waals surface area contributed by atoms with E-state index in [1.807, 2.05) is 30.3 Å². The standard InChI is InChI=1S/C9H10N4.ClH/c10-9-6-11-12-13(9)7-8-4-2-1-3-5-8;/h1-6H,7,10H2;1H. The molecule has 0 radical (unpaired) electrons. The number of nitrogens with two attached hydrogens (primary N) is 1. The molecule has 0 atom stereocenters. The highest BCUT2D eigenvalue weighted by molar-refractivity contribution is 5.85. The lowest BCUT2D eigenvalue weighted by Gasteiger charge is -2.01. The fourth-order valence-electron chi connectivity index (χ4n) is 1.14. The Bertz CT molecular complexity index is 385. The summed E-state index contributed by atoms with van der Waals surface area (Å²) in [6.07, 6.45) is 1.54.